The third kappa shape index (κ3) is 3.71. The molecule has 0 unspecified atom stereocenters. The molecule has 24 heavy (non-hydrogen) atoms. The highest BCUT2D eigenvalue weighted by atomic mass is 16.2. The second-order valence-corrected chi connectivity index (χ2v) is 5.88. The molecule has 1 heterocycles. The number of carbonyl (C=O) groups is 1. The van der Waals surface area contributed by atoms with E-state index in [-0.39, 0.29) is 12.5 Å². The molecule has 0 atom stereocenters. The maximum absolute atomic E-state index is 12.2. The maximum Gasteiger partial charge on any atom is 0.246 e. The number of hydrogen-bond acceptors (Lipinski definition) is 2. The lowest BCUT2D eigenvalue weighted by atomic mass is 10.0. The van der Waals surface area contributed by atoms with E-state index in [1.54, 1.807) is 4.68 Å². The van der Waals surface area contributed by atoms with Gasteiger partial charge in [-0.2, -0.15) is 5.10 Å². The number of anilines is 1. The van der Waals surface area contributed by atoms with Crippen LogP contribution in [0.3, 0.4) is 0 Å². The molecule has 0 bridgehead atoms. The van der Waals surface area contributed by atoms with Gasteiger partial charge in [-0.15, -0.1) is 0 Å². The molecule has 0 aliphatic heterocycles. The van der Waals surface area contributed by atoms with Crippen molar-refractivity contribution in [3.05, 3.63) is 83.2 Å². The van der Waals surface area contributed by atoms with Gasteiger partial charge in [0.1, 0.15) is 6.54 Å². The van der Waals surface area contributed by atoms with Crippen LogP contribution in [0.15, 0.2) is 60.7 Å². The fourth-order valence-electron chi connectivity index (χ4n) is 2.80. The van der Waals surface area contributed by atoms with Crippen molar-refractivity contribution in [3.8, 4) is 0 Å². The molecular weight excluding hydrogens is 298 g/mol. The highest BCUT2D eigenvalue weighted by Crippen LogP contribution is 2.18. The molecule has 3 rings (SSSR count). The number of benzene rings is 2. The van der Waals surface area contributed by atoms with E-state index in [1.807, 2.05) is 62.4 Å². The van der Waals surface area contributed by atoms with E-state index in [9.17, 15) is 4.79 Å². The number of nitrogens with zero attached hydrogens (tertiary/aromatic N) is 2. The van der Waals surface area contributed by atoms with Gasteiger partial charge < -0.3 is 5.32 Å². The SMILES string of the molecule is Cc1nn(CC(=O)Nc2ccccc2)c(C)c1Cc1ccccc1. The van der Waals surface area contributed by atoms with Crippen LogP contribution >= 0.6 is 0 Å². The van der Waals surface area contributed by atoms with E-state index in [0.29, 0.717) is 0 Å². The van der Waals surface area contributed by atoms with Gasteiger partial charge in [-0.05, 0) is 31.5 Å². The maximum atomic E-state index is 12.2. The molecule has 0 saturated carbocycles. The van der Waals surface area contributed by atoms with Crippen molar-refractivity contribution in [2.75, 3.05) is 5.32 Å². The van der Waals surface area contributed by atoms with Gasteiger partial charge in [0.15, 0.2) is 0 Å². The largest absolute Gasteiger partial charge is 0.324 e. The first-order valence-corrected chi connectivity index (χ1v) is 8.05. The topological polar surface area (TPSA) is 46.9 Å². The van der Waals surface area contributed by atoms with Gasteiger partial charge >= 0.3 is 0 Å². The minimum atomic E-state index is -0.0712. The zero-order valence-corrected chi connectivity index (χ0v) is 14.0. The average molecular weight is 319 g/mol. The zero-order valence-electron chi connectivity index (χ0n) is 14.0. The Balaban J connectivity index is 1.73. The lowest BCUT2D eigenvalue weighted by Crippen LogP contribution is -2.20. The predicted molar refractivity (Wildman–Crippen MR) is 96.0 cm³/mol. The number of aryl methyl sites for hydroxylation is 1. The summed E-state index contributed by atoms with van der Waals surface area (Å²) in [4.78, 5) is 12.2. The Bertz CT molecular complexity index is 823. The molecular formula is C20H21N3O. The smallest absolute Gasteiger partial charge is 0.246 e. The number of amides is 1. The number of nitrogens with one attached hydrogen (secondary N) is 1. The van der Waals surface area contributed by atoms with Crippen molar-refractivity contribution < 1.29 is 4.79 Å². The second-order valence-electron chi connectivity index (χ2n) is 5.88. The van der Waals surface area contributed by atoms with Crippen LogP contribution in [0, 0.1) is 13.8 Å². The number of hydrogen-bond donors (Lipinski definition) is 1. The molecule has 0 spiro atoms. The molecule has 1 amide bonds. The monoisotopic (exact) mass is 319 g/mol. The lowest BCUT2D eigenvalue weighted by molar-refractivity contribution is -0.116. The summed E-state index contributed by atoms with van der Waals surface area (Å²) in [7, 11) is 0. The fraction of sp³-hybridized carbons (Fsp3) is 0.200. The van der Waals surface area contributed by atoms with Gasteiger partial charge in [-0.25, -0.2) is 0 Å². The van der Waals surface area contributed by atoms with Gasteiger partial charge in [-0.1, -0.05) is 48.5 Å². The quantitative estimate of drug-likeness (QED) is 0.779. The second kappa shape index (κ2) is 7.13. The fourth-order valence-corrected chi connectivity index (χ4v) is 2.80. The number of carbonyl (C=O) groups excluding carboxylic acids is 1. The minimum Gasteiger partial charge on any atom is -0.324 e. The summed E-state index contributed by atoms with van der Waals surface area (Å²) in [6.45, 7) is 4.24. The van der Waals surface area contributed by atoms with Crippen LogP contribution < -0.4 is 5.32 Å². The van der Waals surface area contributed by atoms with Crippen LogP contribution in [0.4, 0.5) is 5.69 Å². The lowest BCUT2D eigenvalue weighted by Gasteiger charge is -2.07. The highest BCUT2D eigenvalue weighted by Gasteiger charge is 2.14. The molecule has 0 saturated heterocycles. The van der Waals surface area contributed by atoms with Crippen LogP contribution in [0.25, 0.3) is 0 Å². The molecule has 0 aliphatic rings. The Morgan fingerprint density at radius 3 is 2.29 bits per heavy atom. The van der Waals surface area contributed by atoms with Crippen LogP contribution in [-0.4, -0.2) is 15.7 Å². The molecule has 1 aromatic heterocycles. The first kappa shape index (κ1) is 16.0. The Kier molecular flexibility index (Phi) is 4.75. The summed E-state index contributed by atoms with van der Waals surface area (Å²) in [5.41, 5.74) is 5.25. The summed E-state index contributed by atoms with van der Waals surface area (Å²) < 4.78 is 1.78. The molecule has 0 fully saturated rings. The van der Waals surface area contributed by atoms with Crippen molar-refractivity contribution in [1.29, 1.82) is 0 Å². The Morgan fingerprint density at radius 1 is 1.00 bits per heavy atom. The van der Waals surface area contributed by atoms with Crippen molar-refractivity contribution in [2.24, 2.45) is 0 Å². The predicted octanol–water partition coefficient (Wildman–Crippen LogP) is 3.73. The van der Waals surface area contributed by atoms with Crippen molar-refractivity contribution in [3.63, 3.8) is 0 Å². The van der Waals surface area contributed by atoms with Crippen LogP contribution in [0.1, 0.15) is 22.5 Å². The molecule has 4 nitrogen and oxygen atoms in total. The molecule has 1 N–H and O–H groups in total. The number of rotatable bonds is 5. The standard InChI is InChI=1S/C20H21N3O/c1-15-19(13-17-9-5-3-6-10-17)16(2)23(22-15)14-20(24)21-18-11-7-4-8-12-18/h3-12H,13-14H2,1-2H3,(H,21,24). The first-order chi connectivity index (χ1) is 11.6. The summed E-state index contributed by atoms with van der Waals surface area (Å²) in [6, 6.07) is 19.8. The summed E-state index contributed by atoms with van der Waals surface area (Å²) in [6.07, 6.45) is 0.832. The van der Waals surface area contributed by atoms with Gasteiger partial charge in [0.05, 0.1) is 5.69 Å². The first-order valence-electron chi connectivity index (χ1n) is 8.05. The molecule has 122 valence electrons. The molecule has 3 aromatic rings. The van der Waals surface area contributed by atoms with Crippen LogP contribution in [0.5, 0.6) is 0 Å². The van der Waals surface area contributed by atoms with Gasteiger partial charge in [0, 0.05) is 23.4 Å². The highest BCUT2D eigenvalue weighted by molar-refractivity contribution is 5.90. The van der Waals surface area contributed by atoms with Crippen molar-refractivity contribution in [1.82, 2.24) is 9.78 Å². The average Bonchev–Trinajstić information content (AvgIpc) is 2.84. The zero-order chi connectivity index (χ0) is 16.9. The third-order valence-electron chi connectivity index (χ3n) is 4.11. The van der Waals surface area contributed by atoms with E-state index in [1.165, 1.54) is 11.1 Å². The molecule has 0 radical (unpaired) electrons. The summed E-state index contributed by atoms with van der Waals surface area (Å²) in [5.74, 6) is -0.0712. The van der Waals surface area contributed by atoms with E-state index in [4.69, 9.17) is 0 Å². The Labute approximate surface area is 142 Å². The molecule has 4 heteroatoms. The van der Waals surface area contributed by atoms with E-state index < -0.39 is 0 Å². The normalized spacial score (nSPS) is 10.6. The Morgan fingerprint density at radius 2 is 1.62 bits per heavy atom. The van der Waals surface area contributed by atoms with Gasteiger partial charge in [0.25, 0.3) is 0 Å². The minimum absolute atomic E-state index is 0.0712. The van der Waals surface area contributed by atoms with Crippen LogP contribution in [-0.2, 0) is 17.8 Å². The Hall–Kier alpha value is -2.88. The summed E-state index contributed by atoms with van der Waals surface area (Å²) in [5, 5.41) is 7.44. The van der Waals surface area contributed by atoms with E-state index in [2.05, 4.69) is 22.5 Å². The van der Waals surface area contributed by atoms with Crippen molar-refractivity contribution >= 4 is 11.6 Å². The van der Waals surface area contributed by atoms with Crippen LogP contribution in [0.2, 0.25) is 0 Å². The van der Waals surface area contributed by atoms with Crippen molar-refractivity contribution in [2.45, 2.75) is 26.8 Å². The number of para-hydroxylation sites is 1. The number of aromatic nitrogens is 2. The van der Waals surface area contributed by atoms with E-state index in [0.717, 1.165) is 23.5 Å². The molecule has 2 aromatic carbocycles. The summed E-state index contributed by atoms with van der Waals surface area (Å²) >= 11 is 0. The molecule has 0 aliphatic carbocycles. The van der Waals surface area contributed by atoms with E-state index >= 15 is 0 Å². The van der Waals surface area contributed by atoms with Gasteiger partial charge in [0.2, 0.25) is 5.91 Å². The van der Waals surface area contributed by atoms with Gasteiger partial charge in [-0.3, -0.25) is 9.48 Å². The third-order valence-corrected chi connectivity index (χ3v) is 4.11.